The molecule has 3 aromatic rings. The number of pyridine rings is 1. The molecule has 3 rings (SSSR count). The van der Waals surface area contributed by atoms with Crippen LogP contribution in [0.5, 0.6) is 5.75 Å². The Bertz CT molecular complexity index is 966. The Kier molecular flexibility index (Phi) is 3.53. The van der Waals surface area contributed by atoms with Crippen LogP contribution in [0.4, 0.5) is 0 Å². The fourth-order valence-electron chi connectivity index (χ4n) is 2.35. The number of aryl methyl sites for hydroxylation is 1. The van der Waals surface area contributed by atoms with E-state index in [4.69, 9.17) is 16.7 Å². The topological polar surface area (TPSA) is 117 Å². The van der Waals surface area contributed by atoms with Gasteiger partial charge in [-0.15, -0.1) is 0 Å². The maximum absolute atomic E-state index is 12.3. The van der Waals surface area contributed by atoms with E-state index in [0.29, 0.717) is 27.3 Å². The summed E-state index contributed by atoms with van der Waals surface area (Å²) >= 11 is 6.18. The first-order valence-electron chi connectivity index (χ1n) is 6.56. The van der Waals surface area contributed by atoms with Gasteiger partial charge in [-0.2, -0.15) is 5.10 Å². The van der Waals surface area contributed by atoms with Crippen LogP contribution in [0.15, 0.2) is 18.2 Å². The van der Waals surface area contributed by atoms with Gasteiger partial charge in [0.25, 0.3) is 5.91 Å². The summed E-state index contributed by atoms with van der Waals surface area (Å²) in [4.78, 5) is 27.1. The number of benzene rings is 1. The average molecular weight is 335 g/mol. The second kappa shape index (κ2) is 5.40. The number of aromatic nitrogens is 3. The number of fused-ring (bicyclic) bond motifs is 3. The van der Waals surface area contributed by atoms with Crippen LogP contribution in [0, 0.1) is 6.92 Å². The molecule has 0 aliphatic rings. The zero-order valence-corrected chi connectivity index (χ0v) is 12.6. The van der Waals surface area contributed by atoms with Gasteiger partial charge in [0.1, 0.15) is 12.4 Å². The number of amides is 1. The molecule has 0 atom stereocenters. The van der Waals surface area contributed by atoms with Crippen molar-refractivity contribution >= 4 is 39.9 Å². The SMILES string of the molecule is Cc1nc2c3c(Cl)cccc3c(O)c(C(=O)NCC(=O)O)n2n1. The van der Waals surface area contributed by atoms with Crippen molar-refractivity contribution in [3.05, 3.63) is 34.7 Å². The molecular weight excluding hydrogens is 324 g/mol. The molecule has 0 spiro atoms. The van der Waals surface area contributed by atoms with Gasteiger partial charge in [0.15, 0.2) is 17.1 Å². The Morgan fingerprint density at radius 2 is 2.13 bits per heavy atom. The first kappa shape index (κ1) is 15.0. The van der Waals surface area contributed by atoms with Crippen molar-refractivity contribution in [1.29, 1.82) is 0 Å². The summed E-state index contributed by atoms with van der Waals surface area (Å²) in [7, 11) is 0. The lowest BCUT2D eigenvalue weighted by molar-refractivity contribution is -0.135. The molecule has 1 aromatic carbocycles. The highest BCUT2D eigenvalue weighted by atomic mass is 35.5. The minimum atomic E-state index is -1.20. The van der Waals surface area contributed by atoms with Crippen LogP contribution in [0.1, 0.15) is 16.3 Å². The number of carboxylic acids is 1. The van der Waals surface area contributed by atoms with Crippen LogP contribution in [0.25, 0.3) is 16.4 Å². The van der Waals surface area contributed by atoms with Crippen molar-refractivity contribution in [2.24, 2.45) is 0 Å². The van der Waals surface area contributed by atoms with E-state index in [1.54, 1.807) is 25.1 Å². The lowest BCUT2D eigenvalue weighted by Gasteiger charge is -2.11. The zero-order chi connectivity index (χ0) is 16.7. The Balaban J connectivity index is 2.34. The summed E-state index contributed by atoms with van der Waals surface area (Å²) in [6, 6.07) is 4.86. The Hall–Kier alpha value is -2.87. The molecule has 0 unspecified atom stereocenters. The number of carbonyl (C=O) groups excluding carboxylic acids is 1. The summed E-state index contributed by atoms with van der Waals surface area (Å²) in [6.07, 6.45) is 0. The van der Waals surface area contributed by atoms with Gasteiger partial charge in [-0.05, 0) is 13.0 Å². The summed E-state index contributed by atoms with van der Waals surface area (Å²) in [6.45, 7) is 1.05. The number of nitrogens with zero attached hydrogens (tertiary/aromatic N) is 3. The summed E-state index contributed by atoms with van der Waals surface area (Å²) in [5.74, 6) is -1.94. The fourth-order valence-corrected chi connectivity index (χ4v) is 2.61. The smallest absolute Gasteiger partial charge is 0.322 e. The third-order valence-corrected chi connectivity index (χ3v) is 3.57. The first-order valence-corrected chi connectivity index (χ1v) is 6.94. The Morgan fingerprint density at radius 3 is 2.83 bits per heavy atom. The van der Waals surface area contributed by atoms with Crippen LogP contribution in [-0.4, -0.2) is 43.2 Å². The molecule has 0 saturated heterocycles. The van der Waals surface area contributed by atoms with E-state index in [2.05, 4.69) is 15.4 Å². The molecule has 2 aromatic heterocycles. The molecule has 118 valence electrons. The van der Waals surface area contributed by atoms with Gasteiger partial charge in [0.05, 0.1) is 5.02 Å². The second-order valence-corrected chi connectivity index (χ2v) is 5.24. The maximum Gasteiger partial charge on any atom is 0.322 e. The van der Waals surface area contributed by atoms with Gasteiger partial charge in [-0.25, -0.2) is 9.50 Å². The molecule has 0 aliphatic carbocycles. The van der Waals surface area contributed by atoms with Crippen LogP contribution in [0.3, 0.4) is 0 Å². The molecule has 3 N–H and O–H groups in total. The van der Waals surface area contributed by atoms with E-state index in [9.17, 15) is 14.7 Å². The Labute approximate surface area is 134 Å². The normalized spacial score (nSPS) is 11.0. The zero-order valence-electron chi connectivity index (χ0n) is 11.9. The van der Waals surface area contributed by atoms with E-state index < -0.39 is 18.4 Å². The first-order chi connectivity index (χ1) is 10.9. The summed E-state index contributed by atoms with van der Waals surface area (Å²) in [5.41, 5.74) is 0.109. The largest absolute Gasteiger partial charge is 0.505 e. The van der Waals surface area contributed by atoms with Crippen LogP contribution in [0.2, 0.25) is 5.02 Å². The molecule has 0 radical (unpaired) electrons. The molecule has 0 bridgehead atoms. The van der Waals surface area contributed by atoms with Crippen molar-refractivity contribution in [2.45, 2.75) is 6.92 Å². The van der Waals surface area contributed by atoms with Crippen molar-refractivity contribution < 1.29 is 19.8 Å². The molecule has 9 heteroatoms. The minimum absolute atomic E-state index is 0.198. The van der Waals surface area contributed by atoms with Crippen molar-refractivity contribution in [3.63, 3.8) is 0 Å². The van der Waals surface area contributed by atoms with E-state index in [-0.39, 0.29) is 11.4 Å². The number of rotatable bonds is 3. The molecule has 0 fully saturated rings. The monoisotopic (exact) mass is 334 g/mol. The predicted octanol–water partition coefficient (Wildman–Crippen LogP) is 1.36. The van der Waals surface area contributed by atoms with E-state index in [0.717, 1.165) is 4.52 Å². The van der Waals surface area contributed by atoms with Crippen molar-refractivity contribution in [2.75, 3.05) is 6.54 Å². The molecule has 8 nitrogen and oxygen atoms in total. The number of aliphatic carboxylic acids is 1. The number of aromatic hydroxyl groups is 1. The number of hydrogen-bond donors (Lipinski definition) is 3. The van der Waals surface area contributed by atoms with E-state index >= 15 is 0 Å². The highest BCUT2D eigenvalue weighted by Gasteiger charge is 2.23. The third kappa shape index (κ3) is 2.42. The lowest BCUT2D eigenvalue weighted by Crippen LogP contribution is -2.31. The lowest BCUT2D eigenvalue weighted by atomic mass is 10.1. The number of carbonyl (C=O) groups is 2. The number of hydrogen-bond acceptors (Lipinski definition) is 5. The summed E-state index contributed by atoms with van der Waals surface area (Å²) < 4.78 is 1.16. The van der Waals surface area contributed by atoms with Gasteiger partial charge in [-0.1, -0.05) is 23.7 Å². The van der Waals surface area contributed by atoms with Gasteiger partial charge >= 0.3 is 5.97 Å². The molecular formula is C14H11ClN4O4. The van der Waals surface area contributed by atoms with Gasteiger partial charge in [0.2, 0.25) is 0 Å². The standard InChI is InChI=1S/C14H11ClN4O4/c1-6-17-13-10-7(3-2-4-8(10)15)12(22)11(19(13)18-6)14(23)16-5-9(20)21/h2-4,22H,5H2,1H3,(H,16,23)(H,20,21). The highest BCUT2D eigenvalue weighted by Crippen LogP contribution is 2.35. The summed E-state index contributed by atoms with van der Waals surface area (Å²) in [5, 5.41) is 26.6. The van der Waals surface area contributed by atoms with Crippen LogP contribution in [-0.2, 0) is 4.79 Å². The molecule has 23 heavy (non-hydrogen) atoms. The van der Waals surface area contributed by atoms with E-state index in [1.807, 2.05) is 0 Å². The van der Waals surface area contributed by atoms with Gasteiger partial charge < -0.3 is 15.5 Å². The fraction of sp³-hybridized carbons (Fsp3) is 0.143. The van der Waals surface area contributed by atoms with Crippen molar-refractivity contribution in [3.8, 4) is 5.75 Å². The quantitative estimate of drug-likeness (QED) is 0.666. The average Bonchev–Trinajstić information content (AvgIpc) is 2.86. The molecule has 0 aliphatic heterocycles. The van der Waals surface area contributed by atoms with E-state index in [1.165, 1.54) is 0 Å². The number of halogens is 1. The highest BCUT2D eigenvalue weighted by molar-refractivity contribution is 6.37. The second-order valence-electron chi connectivity index (χ2n) is 4.83. The third-order valence-electron chi connectivity index (χ3n) is 3.26. The van der Waals surface area contributed by atoms with Gasteiger partial charge in [-0.3, -0.25) is 9.59 Å². The molecule has 1 amide bonds. The molecule has 0 saturated carbocycles. The predicted molar refractivity (Wildman–Crippen MR) is 81.9 cm³/mol. The number of carboxylic acid groups (broad SMARTS) is 1. The van der Waals surface area contributed by atoms with Crippen molar-refractivity contribution in [1.82, 2.24) is 19.9 Å². The van der Waals surface area contributed by atoms with Gasteiger partial charge in [0, 0.05) is 10.8 Å². The van der Waals surface area contributed by atoms with Crippen LogP contribution >= 0.6 is 11.6 Å². The number of nitrogens with one attached hydrogen (secondary N) is 1. The molecule has 2 heterocycles. The van der Waals surface area contributed by atoms with Crippen LogP contribution < -0.4 is 5.32 Å². The maximum atomic E-state index is 12.3. The Morgan fingerprint density at radius 1 is 1.39 bits per heavy atom. The minimum Gasteiger partial charge on any atom is -0.505 e.